The highest BCUT2D eigenvalue weighted by Gasteiger charge is 2.14. The second-order valence-corrected chi connectivity index (χ2v) is 7.93. The van der Waals surface area contributed by atoms with Crippen molar-refractivity contribution in [3.8, 4) is 11.5 Å². The number of rotatable bonds is 16. The Bertz CT molecular complexity index is 594. The first-order valence-electron chi connectivity index (χ1n) is 11.6. The highest BCUT2D eigenvalue weighted by atomic mass is 16.6. The van der Waals surface area contributed by atoms with Gasteiger partial charge in [-0.25, -0.2) is 0 Å². The van der Waals surface area contributed by atoms with E-state index in [9.17, 15) is 9.59 Å². The fourth-order valence-corrected chi connectivity index (χ4v) is 3.23. The Morgan fingerprint density at radius 2 is 1.10 bits per heavy atom. The number of hydrogen-bond donors (Lipinski definition) is 0. The quantitative estimate of drug-likeness (QED) is 0.165. The molecule has 0 radical (unpaired) electrons. The summed E-state index contributed by atoms with van der Waals surface area (Å²) in [5.41, 5.74) is 0.961. The number of carbonyl (C=O) groups excluding carboxylic acids is 2. The van der Waals surface area contributed by atoms with E-state index in [0.717, 1.165) is 44.1 Å². The standard InChI is InChI=1S/C25H40O4/c1-4-6-8-10-12-14-16-24(26)28-22-19-18-21(3)20-23(22)29-25(27)17-15-13-11-9-7-5-2/h18-20H,4-17H2,1-3H3. The van der Waals surface area contributed by atoms with Crippen LogP contribution < -0.4 is 9.47 Å². The monoisotopic (exact) mass is 404 g/mol. The van der Waals surface area contributed by atoms with Crippen LogP contribution in [0, 0.1) is 6.92 Å². The SMILES string of the molecule is CCCCCCCCC(=O)Oc1ccc(C)cc1OC(=O)CCCCCCCC. The third-order valence-corrected chi connectivity index (χ3v) is 5.02. The molecule has 0 heterocycles. The van der Waals surface area contributed by atoms with Crippen LogP contribution in [0.2, 0.25) is 0 Å². The largest absolute Gasteiger partial charge is 0.423 e. The van der Waals surface area contributed by atoms with E-state index >= 15 is 0 Å². The summed E-state index contributed by atoms with van der Waals surface area (Å²) in [6.07, 6.45) is 14.3. The van der Waals surface area contributed by atoms with Crippen LogP contribution in [0.3, 0.4) is 0 Å². The molecule has 0 aliphatic carbocycles. The number of benzene rings is 1. The van der Waals surface area contributed by atoms with Crippen LogP contribution in [0.1, 0.15) is 109 Å². The van der Waals surface area contributed by atoms with Gasteiger partial charge in [-0.3, -0.25) is 9.59 Å². The van der Waals surface area contributed by atoms with E-state index in [2.05, 4.69) is 13.8 Å². The van der Waals surface area contributed by atoms with Crippen molar-refractivity contribution in [2.24, 2.45) is 0 Å². The van der Waals surface area contributed by atoms with Gasteiger partial charge >= 0.3 is 11.9 Å². The maximum Gasteiger partial charge on any atom is 0.311 e. The van der Waals surface area contributed by atoms with Crippen molar-refractivity contribution in [2.75, 3.05) is 0 Å². The summed E-state index contributed by atoms with van der Waals surface area (Å²) in [6.45, 7) is 6.31. The van der Waals surface area contributed by atoms with Gasteiger partial charge in [0.15, 0.2) is 11.5 Å². The molecule has 29 heavy (non-hydrogen) atoms. The van der Waals surface area contributed by atoms with Gasteiger partial charge in [-0.1, -0.05) is 84.1 Å². The molecule has 0 N–H and O–H groups in total. The summed E-state index contributed by atoms with van der Waals surface area (Å²) in [6, 6.07) is 5.33. The van der Waals surface area contributed by atoms with Crippen molar-refractivity contribution in [1.82, 2.24) is 0 Å². The van der Waals surface area contributed by atoms with Crippen LogP contribution in [0.25, 0.3) is 0 Å². The maximum atomic E-state index is 12.2. The van der Waals surface area contributed by atoms with Crippen LogP contribution in [0.15, 0.2) is 18.2 Å². The predicted molar refractivity (Wildman–Crippen MR) is 118 cm³/mol. The lowest BCUT2D eigenvalue weighted by atomic mass is 10.1. The van der Waals surface area contributed by atoms with Gasteiger partial charge in [0, 0.05) is 12.8 Å². The highest BCUT2D eigenvalue weighted by Crippen LogP contribution is 2.29. The molecule has 0 aliphatic heterocycles. The van der Waals surface area contributed by atoms with E-state index in [-0.39, 0.29) is 11.9 Å². The van der Waals surface area contributed by atoms with Crippen molar-refractivity contribution in [1.29, 1.82) is 0 Å². The average Bonchev–Trinajstić information content (AvgIpc) is 2.69. The Labute approximate surface area is 177 Å². The van der Waals surface area contributed by atoms with E-state index in [1.54, 1.807) is 12.1 Å². The van der Waals surface area contributed by atoms with Crippen LogP contribution in [0.5, 0.6) is 11.5 Å². The van der Waals surface area contributed by atoms with Crippen LogP contribution in [-0.2, 0) is 9.59 Å². The number of aryl methyl sites for hydroxylation is 1. The third kappa shape index (κ3) is 12.4. The van der Waals surface area contributed by atoms with Crippen molar-refractivity contribution in [2.45, 2.75) is 111 Å². The molecule has 1 rings (SSSR count). The molecule has 0 saturated heterocycles. The van der Waals surface area contributed by atoms with E-state index in [0.29, 0.717) is 24.3 Å². The number of ether oxygens (including phenoxy) is 2. The maximum absolute atomic E-state index is 12.2. The van der Waals surface area contributed by atoms with Gasteiger partial charge in [0.2, 0.25) is 0 Å². The number of hydrogen-bond acceptors (Lipinski definition) is 4. The van der Waals surface area contributed by atoms with Gasteiger partial charge in [0.1, 0.15) is 0 Å². The molecule has 0 spiro atoms. The van der Waals surface area contributed by atoms with Crippen molar-refractivity contribution in [3.63, 3.8) is 0 Å². The lowest BCUT2D eigenvalue weighted by Crippen LogP contribution is -2.12. The Hall–Kier alpha value is -1.84. The fraction of sp³-hybridized carbons (Fsp3) is 0.680. The van der Waals surface area contributed by atoms with Gasteiger partial charge in [-0.05, 0) is 37.5 Å². The minimum absolute atomic E-state index is 0.265. The number of carbonyl (C=O) groups is 2. The second kappa shape index (κ2) is 16.0. The van der Waals surface area contributed by atoms with E-state index in [1.807, 2.05) is 13.0 Å². The van der Waals surface area contributed by atoms with Gasteiger partial charge < -0.3 is 9.47 Å². The van der Waals surface area contributed by atoms with E-state index in [1.165, 1.54) is 38.5 Å². The molecule has 4 nitrogen and oxygen atoms in total. The summed E-state index contributed by atoms with van der Waals surface area (Å²) in [7, 11) is 0. The van der Waals surface area contributed by atoms with Crippen molar-refractivity contribution < 1.29 is 19.1 Å². The molecular weight excluding hydrogens is 364 g/mol. The minimum atomic E-state index is -0.266. The van der Waals surface area contributed by atoms with Crippen LogP contribution in [-0.4, -0.2) is 11.9 Å². The second-order valence-electron chi connectivity index (χ2n) is 7.93. The zero-order valence-corrected chi connectivity index (χ0v) is 18.8. The summed E-state index contributed by atoms with van der Waals surface area (Å²) in [4.78, 5) is 24.3. The molecule has 0 atom stereocenters. The molecule has 0 saturated carbocycles. The van der Waals surface area contributed by atoms with Gasteiger partial charge in [0.05, 0.1) is 0 Å². The molecule has 1 aromatic carbocycles. The lowest BCUT2D eigenvalue weighted by Gasteiger charge is -2.11. The topological polar surface area (TPSA) is 52.6 Å². The van der Waals surface area contributed by atoms with Gasteiger partial charge in [-0.2, -0.15) is 0 Å². The first-order chi connectivity index (χ1) is 14.1. The Balaban J connectivity index is 2.42. The van der Waals surface area contributed by atoms with Gasteiger partial charge in [-0.15, -0.1) is 0 Å². The first kappa shape index (κ1) is 25.2. The lowest BCUT2D eigenvalue weighted by molar-refractivity contribution is -0.137. The molecular formula is C25H40O4. The summed E-state index contributed by atoms with van der Waals surface area (Å²) in [5, 5.41) is 0. The summed E-state index contributed by atoms with van der Waals surface area (Å²) in [5.74, 6) is 0.150. The minimum Gasteiger partial charge on any atom is -0.423 e. The smallest absolute Gasteiger partial charge is 0.311 e. The summed E-state index contributed by atoms with van der Waals surface area (Å²) < 4.78 is 11.0. The molecule has 164 valence electrons. The van der Waals surface area contributed by atoms with Crippen LogP contribution >= 0.6 is 0 Å². The predicted octanol–water partition coefficient (Wildman–Crippen LogP) is 7.31. The molecule has 0 aromatic heterocycles. The molecule has 1 aromatic rings. The molecule has 0 amide bonds. The first-order valence-corrected chi connectivity index (χ1v) is 11.6. The zero-order valence-electron chi connectivity index (χ0n) is 18.8. The third-order valence-electron chi connectivity index (χ3n) is 5.02. The molecule has 0 aliphatic rings. The molecule has 0 fully saturated rings. The number of unbranched alkanes of at least 4 members (excludes halogenated alkanes) is 10. The van der Waals surface area contributed by atoms with Crippen LogP contribution in [0.4, 0.5) is 0 Å². The fourth-order valence-electron chi connectivity index (χ4n) is 3.23. The molecule has 4 heteroatoms. The van der Waals surface area contributed by atoms with Gasteiger partial charge in [0.25, 0.3) is 0 Å². The normalized spacial score (nSPS) is 10.7. The molecule has 0 unspecified atom stereocenters. The Morgan fingerprint density at radius 3 is 1.62 bits per heavy atom. The number of esters is 2. The Morgan fingerprint density at radius 1 is 0.655 bits per heavy atom. The zero-order chi connectivity index (χ0) is 21.3. The van der Waals surface area contributed by atoms with Crippen molar-refractivity contribution >= 4 is 11.9 Å². The molecule has 0 bridgehead atoms. The van der Waals surface area contributed by atoms with Crippen molar-refractivity contribution in [3.05, 3.63) is 23.8 Å². The van der Waals surface area contributed by atoms with E-state index < -0.39 is 0 Å². The Kier molecular flexibility index (Phi) is 13.9. The summed E-state index contributed by atoms with van der Waals surface area (Å²) >= 11 is 0. The van der Waals surface area contributed by atoms with E-state index in [4.69, 9.17) is 9.47 Å². The highest BCUT2D eigenvalue weighted by molar-refractivity contribution is 5.76. The average molecular weight is 405 g/mol.